The van der Waals surface area contributed by atoms with Crippen molar-refractivity contribution in [2.75, 3.05) is 0 Å². The van der Waals surface area contributed by atoms with Gasteiger partial charge in [0.1, 0.15) is 0 Å². The minimum atomic E-state index is 0.646. The third-order valence-electron chi connectivity index (χ3n) is 4.64. The standard InChI is InChI=1S/C19H26/c1-6-13(3)18-12-16-10-8-9-11-17(16)15(5)19(18)14(4)7-2/h8-14H,6-7H2,1-5H3. The van der Waals surface area contributed by atoms with Crippen LogP contribution in [0.2, 0.25) is 0 Å². The Balaban J connectivity index is 2.76. The molecule has 19 heavy (non-hydrogen) atoms. The van der Waals surface area contributed by atoms with Gasteiger partial charge in [-0.1, -0.05) is 58.0 Å². The molecule has 2 aromatic rings. The first-order valence-electron chi connectivity index (χ1n) is 7.62. The van der Waals surface area contributed by atoms with Crippen molar-refractivity contribution in [3.05, 3.63) is 47.0 Å². The summed E-state index contributed by atoms with van der Waals surface area (Å²) in [6.45, 7) is 11.6. The van der Waals surface area contributed by atoms with Crippen molar-refractivity contribution in [1.82, 2.24) is 0 Å². The summed E-state index contributed by atoms with van der Waals surface area (Å²) in [7, 11) is 0. The van der Waals surface area contributed by atoms with E-state index in [1.165, 1.54) is 29.2 Å². The SMILES string of the molecule is CCC(C)c1cc2ccccc2c(C)c1C(C)CC. The lowest BCUT2D eigenvalue weighted by Gasteiger charge is -2.23. The fourth-order valence-electron chi connectivity index (χ4n) is 3.06. The average Bonchev–Trinajstić information content (AvgIpc) is 2.45. The van der Waals surface area contributed by atoms with Gasteiger partial charge in [0.2, 0.25) is 0 Å². The van der Waals surface area contributed by atoms with Crippen molar-refractivity contribution in [2.24, 2.45) is 0 Å². The van der Waals surface area contributed by atoms with Crippen LogP contribution in [0.1, 0.15) is 69.1 Å². The number of rotatable bonds is 4. The smallest absolute Gasteiger partial charge is 0.0152 e. The van der Waals surface area contributed by atoms with E-state index in [1.54, 1.807) is 11.1 Å². The lowest BCUT2D eigenvalue weighted by atomic mass is 9.81. The van der Waals surface area contributed by atoms with Crippen LogP contribution in [0.25, 0.3) is 10.8 Å². The van der Waals surface area contributed by atoms with Crippen molar-refractivity contribution >= 4 is 10.8 Å². The molecule has 0 heteroatoms. The first-order chi connectivity index (χ1) is 9.10. The van der Waals surface area contributed by atoms with E-state index < -0.39 is 0 Å². The van der Waals surface area contributed by atoms with Crippen LogP contribution in [0.4, 0.5) is 0 Å². The molecule has 0 N–H and O–H groups in total. The van der Waals surface area contributed by atoms with Gasteiger partial charge in [-0.2, -0.15) is 0 Å². The number of aryl methyl sites for hydroxylation is 1. The maximum Gasteiger partial charge on any atom is -0.0152 e. The molecule has 0 aromatic heterocycles. The minimum absolute atomic E-state index is 0.646. The summed E-state index contributed by atoms with van der Waals surface area (Å²) in [6, 6.07) is 11.2. The second kappa shape index (κ2) is 5.77. The highest BCUT2D eigenvalue weighted by Gasteiger charge is 2.17. The maximum absolute atomic E-state index is 2.43. The third-order valence-corrected chi connectivity index (χ3v) is 4.64. The van der Waals surface area contributed by atoms with E-state index in [0.29, 0.717) is 11.8 Å². The topological polar surface area (TPSA) is 0 Å². The highest BCUT2D eigenvalue weighted by molar-refractivity contribution is 5.88. The molecular formula is C19H26. The molecule has 0 amide bonds. The molecule has 102 valence electrons. The molecule has 2 rings (SSSR count). The van der Waals surface area contributed by atoms with E-state index in [1.807, 2.05) is 0 Å². The lowest BCUT2D eigenvalue weighted by molar-refractivity contribution is 0.674. The molecule has 2 aromatic carbocycles. The monoisotopic (exact) mass is 254 g/mol. The Kier molecular flexibility index (Phi) is 4.29. The van der Waals surface area contributed by atoms with Gasteiger partial charge in [0.25, 0.3) is 0 Å². The molecule has 0 aliphatic heterocycles. The Labute approximate surface area is 117 Å². The van der Waals surface area contributed by atoms with Crippen LogP contribution in [0.3, 0.4) is 0 Å². The van der Waals surface area contributed by atoms with Gasteiger partial charge < -0.3 is 0 Å². The van der Waals surface area contributed by atoms with E-state index >= 15 is 0 Å². The summed E-state index contributed by atoms with van der Waals surface area (Å²) in [5, 5.41) is 2.81. The maximum atomic E-state index is 2.43. The number of hydrogen-bond donors (Lipinski definition) is 0. The number of benzene rings is 2. The van der Waals surface area contributed by atoms with Gasteiger partial charge in [0, 0.05) is 0 Å². The Bertz CT molecular complexity index is 566. The van der Waals surface area contributed by atoms with Gasteiger partial charge in [0.15, 0.2) is 0 Å². The fraction of sp³-hybridized carbons (Fsp3) is 0.474. The molecule has 0 saturated heterocycles. The highest BCUT2D eigenvalue weighted by Crippen LogP contribution is 2.36. The van der Waals surface area contributed by atoms with Gasteiger partial charge in [-0.05, 0) is 59.1 Å². The molecule has 0 aliphatic rings. The van der Waals surface area contributed by atoms with Gasteiger partial charge >= 0.3 is 0 Å². The molecular weight excluding hydrogens is 228 g/mol. The zero-order valence-electron chi connectivity index (χ0n) is 13.0. The Morgan fingerprint density at radius 3 is 2.21 bits per heavy atom. The normalized spacial score (nSPS) is 14.6. The molecule has 0 spiro atoms. The third kappa shape index (κ3) is 2.54. The number of hydrogen-bond acceptors (Lipinski definition) is 0. The first-order valence-corrected chi connectivity index (χ1v) is 7.62. The zero-order valence-corrected chi connectivity index (χ0v) is 13.0. The molecule has 2 atom stereocenters. The summed E-state index contributed by atoms with van der Waals surface area (Å²) in [5.41, 5.74) is 4.64. The second-order valence-electron chi connectivity index (χ2n) is 5.84. The predicted octanol–water partition coefficient (Wildman–Crippen LogP) is 6.18. The van der Waals surface area contributed by atoms with Gasteiger partial charge in [0.05, 0.1) is 0 Å². The van der Waals surface area contributed by atoms with E-state index in [9.17, 15) is 0 Å². The van der Waals surface area contributed by atoms with Crippen molar-refractivity contribution in [2.45, 2.75) is 59.3 Å². The second-order valence-corrected chi connectivity index (χ2v) is 5.84. The van der Waals surface area contributed by atoms with Crippen LogP contribution < -0.4 is 0 Å². The van der Waals surface area contributed by atoms with Crippen LogP contribution >= 0.6 is 0 Å². The lowest BCUT2D eigenvalue weighted by Crippen LogP contribution is -2.05. The van der Waals surface area contributed by atoms with Crippen LogP contribution in [-0.2, 0) is 0 Å². The summed E-state index contributed by atoms with van der Waals surface area (Å²) < 4.78 is 0. The van der Waals surface area contributed by atoms with E-state index in [0.717, 1.165) is 0 Å². The number of fused-ring (bicyclic) bond motifs is 1. The van der Waals surface area contributed by atoms with E-state index in [2.05, 4.69) is 65.0 Å². The molecule has 0 saturated carbocycles. The van der Waals surface area contributed by atoms with Gasteiger partial charge in [-0.3, -0.25) is 0 Å². The molecule has 2 unspecified atom stereocenters. The Morgan fingerprint density at radius 2 is 1.58 bits per heavy atom. The molecule has 0 radical (unpaired) electrons. The summed E-state index contributed by atoms with van der Waals surface area (Å²) in [5.74, 6) is 1.29. The largest absolute Gasteiger partial charge is 0.0648 e. The molecule has 0 aliphatic carbocycles. The predicted molar refractivity (Wildman–Crippen MR) is 86.1 cm³/mol. The van der Waals surface area contributed by atoms with E-state index in [-0.39, 0.29) is 0 Å². The van der Waals surface area contributed by atoms with Crippen LogP contribution in [0.5, 0.6) is 0 Å². The summed E-state index contributed by atoms with van der Waals surface area (Å²) in [6.07, 6.45) is 2.42. The minimum Gasteiger partial charge on any atom is -0.0648 e. The Morgan fingerprint density at radius 1 is 0.947 bits per heavy atom. The highest BCUT2D eigenvalue weighted by atomic mass is 14.2. The van der Waals surface area contributed by atoms with Crippen molar-refractivity contribution in [1.29, 1.82) is 0 Å². The Hall–Kier alpha value is -1.30. The molecule has 0 nitrogen and oxygen atoms in total. The molecule has 0 heterocycles. The van der Waals surface area contributed by atoms with Gasteiger partial charge in [-0.15, -0.1) is 0 Å². The average molecular weight is 254 g/mol. The zero-order chi connectivity index (χ0) is 14.0. The van der Waals surface area contributed by atoms with Crippen molar-refractivity contribution in [3.63, 3.8) is 0 Å². The van der Waals surface area contributed by atoms with Crippen molar-refractivity contribution in [3.8, 4) is 0 Å². The fourth-order valence-corrected chi connectivity index (χ4v) is 3.06. The first kappa shape index (κ1) is 14.1. The summed E-state index contributed by atoms with van der Waals surface area (Å²) >= 11 is 0. The van der Waals surface area contributed by atoms with E-state index in [4.69, 9.17) is 0 Å². The quantitative estimate of drug-likeness (QED) is 0.611. The van der Waals surface area contributed by atoms with Crippen molar-refractivity contribution < 1.29 is 0 Å². The van der Waals surface area contributed by atoms with Crippen LogP contribution in [-0.4, -0.2) is 0 Å². The summed E-state index contributed by atoms with van der Waals surface area (Å²) in [4.78, 5) is 0. The van der Waals surface area contributed by atoms with Crippen LogP contribution in [0.15, 0.2) is 30.3 Å². The molecule has 0 fully saturated rings. The van der Waals surface area contributed by atoms with Gasteiger partial charge in [-0.25, -0.2) is 0 Å². The molecule has 0 bridgehead atoms. The van der Waals surface area contributed by atoms with Crippen LogP contribution in [0, 0.1) is 6.92 Å².